The van der Waals surface area contributed by atoms with Crippen molar-refractivity contribution in [1.82, 2.24) is 0 Å². The van der Waals surface area contributed by atoms with Gasteiger partial charge in [0, 0.05) is 33.9 Å². The Bertz CT molecular complexity index is 1640. The Kier molecular flexibility index (Phi) is 11.2. The number of hydrogen-bond acceptors (Lipinski definition) is 2. The van der Waals surface area contributed by atoms with Crippen LogP contribution in [-0.2, 0) is 0 Å². The van der Waals surface area contributed by atoms with Gasteiger partial charge in [-0.15, -0.1) is 0 Å². The summed E-state index contributed by atoms with van der Waals surface area (Å²) >= 11 is 0. The molecule has 0 saturated heterocycles. The molecule has 2 aliphatic carbocycles. The van der Waals surface area contributed by atoms with Gasteiger partial charge in [0.1, 0.15) is 0 Å². The third-order valence-corrected chi connectivity index (χ3v) is 9.17. The van der Waals surface area contributed by atoms with Crippen molar-refractivity contribution < 1.29 is 0 Å². The minimum Gasteiger partial charge on any atom is -0.314 e. The summed E-state index contributed by atoms with van der Waals surface area (Å²) in [6.45, 7) is 29.5. The van der Waals surface area contributed by atoms with Gasteiger partial charge in [0.2, 0.25) is 0 Å². The zero-order chi connectivity index (χ0) is 34.7. The summed E-state index contributed by atoms with van der Waals surface area (Å²) < 4.78 is 0. The number of benzene rings is 3. The highest BCUT2D eigenvalue weighted by Crippen LogP contribution is 2.50. The second kappa shape index (κ2) is 14.5. The van der Waals surface area contributed by atoms with Gasteiger partial charge in [0.25, 0.3) is 0 Å². The summed E-state index contributed by atoms with van der Waals surface area (Å²) in [6, 6.07) is 24.9. The standard InChI is InChI=1S/C41H50N2.C4H10/c1-28-14-18-34(19-15-28)42(38-30(3)12-11-13-31(38)4)35-22-24-37(25-23-35)43(36-20-16-29(2)17-21-36)39-32(5)26-33(40(6,7)8)27-41(39,9)10;1-4(2)3/h11-14,16-18,20-26H,15,19,27H2,1-10H3;4H,1-3H3. The van der Waals surface area contributed by atoms with Crippen LogP contribution in [0.3, 0.4) is 0 Å². The van der Waals surface area contributed by atoms with Gasteiger partial charge in [0.15, 0.2) is 0 Å². The van der Waals surface area contributed by atoms with Crippen LogP contribution in [-0.4, -0.2) is 0 Å². The lowest BCUT2D eigenvalue weighted by Crippen LogP contribution is -2.34. The number of aryl methyl sites for hydroxylation is 3. The molecule has 0 spiro atoms. The lowest BCUT2D eigenvalue weighted by Gasteiger charge is -2.44. The fraction of sp³-hybridized carbons (Fsp3) is 0.422. The zero-order valence-corrected chi connectivity index (χ0v) is 31.7. The van der Waals surface area contributed by atoms with E-state index >= 15 is 0 Å². The normalized spacial score (nSPS) is 16.2. The molecule has 3 aromatic rings. The van der Waals surface area contributed by atoms with Crippen LogP contribution in [0.2, 0.25) is 0 Å². The van der Waals surface area contributed by atoms with E-state index in [1.165, 1.54) is 67.6 Å². The van der Waals surface area contributed by atoms with Gasteiger partial charge in [-0.05, 0) is 124 Å². The Morgan fingerprint density at radius 2 is 1.15 bits per heavy atom. The van der Waals surface area contributed by atoms with Crippen LogP contribution in [0.4, 0.5) is 22.7 Å². The van der Waals surface area contributed by atoms with Crippen LogP contribution in [0.5, 0.6) is 0 Å². The number of hydrogen-bond donors (Lipinski definition) is 0. The van der Waals surface area contributed by atoms with Gasteiger partial charge >= 0.3 is 0 Å². The van der Waals surface area contributed by atoms with Gasteiger partial charge in [-0.25, -0.2) is 0 Å². The number of para-hydroxylation sites is 1. The van der Waals surface area contributed by atoms with Crippen molar-refractivity contribution in [1.29, 1.82) is 0 Å². The monoisotopic (exact) mass is 628 g/mol. The fourth-order valence-corrected chi connectivity index (χ4v) is 6.80. The molecule has 0 N–H and O–H groups in total. The molecular formula is C45H60N2. The molecule has 5 rings (SSSR count). The Labute approximate surface area is 287 Å². The largest absolute Gasteiger partial charge is 0.314 e. The highest BCUT2D eigenvalue weighted by molar-refractivity contribution is 5.78. The van der Waals surface area contributed by atoms with E-state index in [2.05, 4.69) is 185 Å². The van der Waals surface area contributed by atoms with Crippen LogP contribution in [0.1, 0.15) is 105 Å². The first-order valence-electron chi connectivity index (χ1n) is 17.6. The molecule has 3 aromatic carbocycles. The number of nitrogens with zero attached hydrogens (tertiary/aromatic N) is 2. The Hall–Kier alpha value is -3.78. The van der Waals surface area contributed by atoms with Crippen molar-refractivity contribution in [3.05, 3.63) is 130 Å². The van der Waals surface area contributed by atoms with Crippen LogP contribution >= 0.6 is 0 Å². The summed E-state index contributed by atoms with van der Waals surface area (Å²) in [7, 11) is 0. The Morgan fingerprint density at radius 1 is 0.660 bits per heavy atom. The first kappa shape index (κ1) is 36.1. The predicted octanol–water partition coefficient (Wildman–Crippen LogP) is 13.9. The number of anilines is 4. The molecule has 47 heavy (non-hydrogen) atoms. The van der Waals surface area contributed by atoms with Gasteiger partial charge in [-0.3, -0.25) is 0 Å². The number of rotatable bonds is 6. The summed E-state index contributed by atoms with van der Waals surface area (Å²) in [4.78, 5) is 4.99. The number of allylic oxidation sites excluding steroid dienone is 8. The average molecular weight is 629 g/mol. The molecule has 0 amide bonds. The minimum absolute atomic E-state index is 0.0214. The van der Waals surface area contributed by atoms with Crippen molar-refractivity contribution in [2.45, 2.75) is 109 Å². The molecule has 2 nitrogen and oxygen atoms in total. The molecule has 2 aliphatic rings. The molecule has 0 aromatic heterocycles. The second-order valence-corrected chi connectivity index (χ2v) is 16.2. The van der Waals surface area contributed by atoms with E-state index in [1.807, 2.05) is 0 Å². The Balaban J connectivity index is 0.00000118. The third-order valence-electron chi connectivity index (χ3n) is 9.17. The van der Waals surface area contributed by atoms with Gasteiger partial charge in [-0.1, -0.05) is 115 Å². The van der Waals surface area contributed by atoms with Crippen molar-refractivity contribution >= 4 is 22.7 Å². The van der Waals surface area contributed by atoms with Gasteiger partial charge < -0.3 is 9.80 Å². The maximum absolute atomic E-state index is 2.50. The van der Waals surface area contributed by atoms with Gasteiger partial charge in [0.05, 0.1) is 5.69 Å². The van der Waals surface area contributed by atoms with Crippen LogP contribution < -0.4 is 9.80 Å². The van der Waals surface area contributed by atoms with Crippen molar-refractivity contribution in [3.63, 3.8) is 0 Å². The molecule has 250 valence electrons. The molecule has 0 heterocycles. The van der Waals surface area contributed by atoms with E-state index in [4.69, 9.17) is 0 Å². The first-order valence-corrected chi connectivity index (χ1v) is 17.6. The average Bonchev–Trinajstić information content (AvgIpc) is 2.97. The van der Waals surface area contributed by atoms with E-state index in [0.29, 0.717) is 0 Å². The summed E-state index contributed by atoms with van der Waals surface area (Å²) in [6.07, 6.45) is 10.2. The third kappa shape index (κ3) is 8.58. The van der Waals surface area contributed by atoms with E-state index < -0.39 is 0 Å². The summed E-state index contributed by atoms with van der Waals surface area (Å²) in [5.74, 6) is 0.833. The highest BCUT2D eigenvalue weighted by atomic mass is 15.2. The second-order valence-electron chi connectivity index (χ2n) is 16.2. The highest BCUT2D eigenvalue weighted by Gasteiger charge is 2.37. The summed E-state index contributed by atoms with van der Waals surface area (Å²) in [5, 5.41) is 0. The van der Waals surface area contributed by atoms with Crippen LogP contribution in [0.25, 0.3) is 0 Å². The zero-order valence-electron chi connectivity index (χ0n) is 31.7. The molecule has 2 heteroatoms. The first-order chi connectivity index (χ1) is 22.0. The van der Waals surface area contributed by atoms with Crippen molar-refractivity contribution in [3.8, 4) is 0 Å². The molecule has 0 fully saturated rings. The summed E-state index contributed by atoms with van der Waals surface area (Å²) in [5.41, 5.74) is 15.9. The van der Waals surface area contributed by atoms with Crippen LogP contribution in [0, 0.1) is 37.5 Å². The van der Waals surface area contributed by atoms with Gasteiger partial charge in [-0.2, -0.15) is 0 Å². The Morgan fingerprint density at radius 3 is 1.60 bits per heavy atom. The fourth-order valence-electron chi connectivity index (χ4n) is 6.80. The van der Waals surface area contributed by atoms with Crippen molar-refractivity contribution in [2.75, 3.05) is 9.80 Å². The molecule has 0 unspecified atom stereocenters. The van der Waals surface area contributed by atoms with E-state index in [1.54, 1.807) is 0 Å². The maximum atomic E-state index is 2.50. The molecule has 0 saturated carbocycles. The quantitative estimate of drug-likeness (QED) is 0.268. The lowest BCUT2D eigenvalue weighted by molar-refractivity contribution is 0.366. The molecule has 0 atom stereocenters. The molecule has 0 bridgehead atoms. The van der Waals surface area contributed by atoms with E-state index in [9.17, 15) is 0 Å². The SMILES string of the molecule is CC(C)C.CC1=CC=C(N(c2ccc(N(C3=C(C)C=C(C(C)(C)C)CC3(C)C)c3ccc(C)cc3)cc2)c2c(C)cccc2C)CC1. The topological polar surface area (TPSA) is 6.48 Å². The van der Waals surface area contributed by atoms with Crippen LogP contribution in [0.15, 0.2) is 113 Å². The molecular weight excluding hydrogens is 569 g/mol. The predicted molar refractivity (Wildman–Crippen MR) is 208 cm³/mol. The minimum atomic E-state index is -0.0214. The van der Waals surface area contributed by atoms with Crippen molar-refractivity contribution in [2.24, 2.45) is 16.7 Å². The maximum Gasteiger partial charge on any atom is 0.0516 e. The smallest absolute Gasteiger partial charge is 0.0516 e. The lowest BCUT2D eigenvalue weighted by atomic mass is 9.69. The molecule has 0 aliphatic heterocycles. The van der Waals surface area contributed by atoms with E-state index in [0.717, 1.165) is 25.2 Å². The van der Waals surface area contributed by atoms with E-state index in [-0.39, 0.29) is 10.8 Å². The molecule has 0 radical (unpaired) electrons.